The van der Waals surface area contributed by atoms with Crippen LogP contribution in [0.1, 0.15) is 85.2 Å². The molecule has 1 fully saturated rings. The molecule has 0 heterocycles. The maximum Gasteiger partial charge on any atom is 0.511 e. The van der Waals surface area contributed by atoms with Gasteiger partial charge in [0.05, 0.1) is 6.04 Å². The van der Waals surface area contributed by atoms with Crippen molar-refractivity contribution in [3.05, 3.63) is 100 Å². The number of hydrogen-bond acceptors (Lipinski definition) is 3. The van der Waals surface area contributed by atoms with Crippen molar-refractivity contribution in [1.82, 2.24) is 4.90 Å². The highest BCUT2D eigenvalue weighted by Crippen LogP contribution is 2.38. The summed E-state index contributed by atoms with van der Waals surface area (Å²) in [6.07, 6.45) is 7.66. The van der Waals surface area contributed by atoms with Crippen molar-refractivity contribution in [2.45, 2.75) is 70.4 Å². The number of fused-ring (bicyclic) bond motifs is 1. The van der Waals surface area contributed by atoms with Crippen LogP contribution in [0.15, 0.2) is 66.7 Å². The van der Waals surface area contributed by atoms with Gasteiger partial charge in [-0.25, -0.2) is 9.18 Å². The zero-order chi connectivity index (χ0) is 27.9. The van der Waals surface area contributed by atoms with Crippen LogP contribution in [0, 0.1) is 23.6 Å². The monoisotopic (exact) mass is 539 g/mol. The van der Waals surface area contributed by atoms with E-state index in [-0.39, 0.29) is 23.5 Å². The lowest BCUT2D eigenvalue weighted by Crippen LogP contribution is -2.36. The zero-order valence-electron chi connectivity index (χ0n) is 22.6. The van der Waals surface area contributed by atoms with E-state index in [9.17, 15) is 14.0 Å². The van der Waals surface area contributed by atoms with Crippen molar-refractivity contribution >= 4 is 12.1 Å². The number of ether oxygens (including phenoxy) is 1. The largest absolute Gasteiger partial charge is 0.511 e. The molecule has 6 heteroatoms. The first-order chi connectivity index (χ1) is 19.4. The summed E-state index contributed by atoms with van der Waals surface area (Å²) in [6.45, 7) is 0.462. The van der Waals surface area contributed by atoms with Crippen molar-refractivity contribution in [2.24, 2.45) is 5.92 Å². The third-order valence-electron chi connectivity index (χ3n) is 8.05. The fraction of sp³-hybridized carbons (Fsp3) is 0.353. The summed E-state index contributed by atoms with van der Waals surface area (Å²) in [5.74, 6) is 6.92. The van der Waals surface area contributed by atoms with Crippen molar-refractivity contribution in [3.63, 3.8) is 0 Å². The Morgan fingerprint density at radius 1 is 0.900 bits per heavy atom. The number of carbonyl (C=O) groups excluding carboxylic acids is 1. The van der Waals surface area contributed by atoms with Gasteiger partial charge >= 0.3 is 6.16 Å². The average molecular weight is 540 g/mol. The Labute approximate surface area is 235 Å². The Balaban J connectivity index is 1.37. The van der Waals surface area contributed by atoms with Crippen LogP contribution in [0.4, 0.5) is 9.18 Å². The van der Waals surface area contributed by atoms with Crippen LogP contribution in [0.25, 0.3) is 0 Å². The highest BCUT2D eigenvalue weighted by atomic mass is 19.1. The molecule has 0 saturated heterocycles. The highest BCUT2D eigenvalue weighted by molar-refractivity contribution is 5.77. The molecule has 2 aliphatic carbocycles. The van der Waals surface area contributed by atoms with Gasteiger partial charge in [0.2, 0.25) is 5.91 Å². The molecule has 1 atom stereocenters. The van der Waals surface area contributed by atoms with Gasteiger partial charge in [-0.1, -0.05) is 55.7 Å². The van der Waals surface area contributed by atoms with E-state index in [0.717, 1.165) is 53.5 Å². The minimum Gasteiger partial charge on any atom is -0.449 e. The van der Waals surface area contributed by atoms with Crippen LogP contribution >= 0.6 is 0 Å². The minimum absolute atomic E-state index is 0.134. The Hall–Kier alpha value is -4.11. The predicted octanol–water partition coefficient (Wildman–Crippen LogP) is 7.66. The summed E-state index contributed by atoms with van der Waals surface area (Å²) in [7, 11) is 0. The van der Waals surface area contributed by atoms with E-state index in [0.29, 0.717) is 18.9 Å². The number of nitrogens with zero attached hydrogens (tertiary/aromatic N) is 1. The lowest BCUT2D eigenvalue weighted by atomic mass is 9.86. The summed E-state index contributed by atoms with van der Waals surface area (Å²) >= 11 is 0. The fourth-order valence-electron chi connectivity index (χ4n) is 5.95. The van der Waals surface area contributed by atoms with Gasteiger partial charge in [0.15, 0.2) is 0 Å². The maximum absolute atomic E-state index is 13.8. The number of carbonyl (C=O) groups is 2. The van der Waals surface area contributed by atoms with E-state index in [2.05, 4.69) is 11.8 Å². The Morgan fingerprint density at radius 2 is 1.57 bits per heavy atom. The maximum atomic E-state index is 13.8. The van der Waals surface area contributed by atoms with E-state index in [1.165, 1.54) is 37.8 Å². The normalized spacial score (nSPS) is 16.5. The van der Waals surface area contributed by atoms with Gasteiger partial charge in [-0.15, -0.1) is 0 Å². The Bertz CT molecular complexity index is 1400. The van der Waals surface area contributed by atoms with Crippen molar-refractivity contribution in [2.75, 3.05) is 0 Å². The SMILES string of the molecule is O=C(O)Oc1ccc2c(c1)C(N(Cc1ccc(C#Cc3ccc(F)cc3)cc1)C(=O)CCC1CCCC1)CCC2. The number of rotatable bonds is 7. The first kappa shape index (κ1) is 27.5. The van der Waals surface area contributed by atoms with Gasteiger partial charge in [-0.05, 0) is 96.8 Å². The molecule has 1 unspecified atom stereocenters. The lowest BCUT2D eigenvalue weighted by Gasteiger charge is -2.36. The van der Waals surface area contributed by atoms with Crippen LogP contribution in [-0.2, 0) is 17.8 Å². The zero-order valence-corrected chi connectivity index (χ0v) is 22.6. The molecule has 0 radical (unpaired) electrons. The molecule has 1 saturated carbocycles. The van der Waals surface area contributed by atoms with Crippen LogP contribution in [0.2, 0.25) is 0 Å². The molecule has 3 aromatic carbocycles. The van der Waals surface area contributed by atoms with E-state index in [1.54, 1.807) is 24.3 Å². The standard InChI is InChI=1S/C34H34FNO4/c35-29-18-14-26(15-19-29)9-8-25-10-12-27(13-11-25)23-36(33(37)21-16-24-4-1-2-5-24)32-7-3-6-28-17-20-30(22-31(28)32)40-34(38)39/h10-15,17-20,22,24,32H,1-7,16,21,23H2,(H,38,39). The van der Waals surface area contributed by atoms with Gasteiger partial charge in [-0.3, -0.25) is 4.79 Å². The Morgan fingerprint density at radius 3 is 2.25 bits per heavy atom. The average Bonchev–Trinajstić information content (AvgIpc) is 3.48. The van der Waals surface area contributed by atoms with Crippen LogP contribution in [-0.4, -0.2) is 22.1 Å². The molecule has 3 aromatic rings. The van der Waals surface area contributed by atoms with E-state index in [4.69, 9.17) is 9.84 Å². The number of amides is 1. The van der Waals surface area contributed by atoms with E-state index >= 15 is 0 Å². The van der Waals surface area contributed by atoms with Crippen LogP contribution in [0.5, 0.6) is 5.75 Å². The molecule has 206 valence electrons. The molecule has 1 N–H and O–H groups in total. The summed E-state index contributed by atoms with van der Waals surface area (Å²) in [5.41, 5.74) is 4.69. The lowest BCUT2D eigenvalue weighted by molar-refractivity contribution is -0.135. The number of hydrogen-bond donors (Lipinski definition) is 1. The second-order valence-corrected chi connectivity index (χ2v) is 10.8. The first-order valence-corrected chi connectivity index (χ1v) is 14.1. The first-order valence-electron chi connectivity index (χ1n) is 14.1. The van der Waals surface area contributed by atoms with Crippen LogP contribution in [0.3, 0.4) is 0 Å². The number of aryl methyl sites for hydroxylation is 1. The van der Waals surface area contributed by atoms with Gasteiger partial charge in [0.25, 0.3) is 0 Å². The van der Waals surface area contributed by atoms with Crippen molar-refractivity contribution < 1.29 is 23.8 Å². The second-order valence-electron chi connectivity index (χ2n) is 10.8. The van der Waals surface area contributed by atoms with Crippen molar-refractivity contribution in [1.29, 1.82) is 0 Å². The summed E-state index contributed by atoms with van der Waals surface area (Å²) < 4.78 is 18.1. The van der Waals surface area contributed by atoms with Gasteiger partial charge in [0, 0.05) is 24.1 Å². The fourth-order valence-corrected chi connectivity index (χ4v) is 5.95. The molecule has 5 rings (SSSR count). The molecule has 40 heavy (non-hydrogen) atoms. The molecule has 0 aromatic heterocycles. The summed E-state index contributed by atoms with van der Waals surface area (Å²) in [4.78, 5) is 26.9. The van der Waals surface area contributed by atoms with Gasteiger partial charge < -0.3 is 14.7 Å². The molecule has 0 aliphatic heterocycles. The van der Waals surface area contributed by atoms with E-state index in [1.807, 2.05) is 35.2 Å². The highest BCUT2D eigenvalue weighted by Gasteiger charge is 2.30. The second kappa shape index (κ2) is 12.8. The predicted molar refractivity (Wildman–Crippen MR) is 151 cm³/mol. The Kier molecular flexibility index (Phi) is 8.81. The number of carboxylic acid groups (broad SMARTS) is 1. The molecule has 0 spiro atoms. The topological polar surface area (TPSA) is 66.8 Å². The summed E-state index contributed by atoms with van der Waals surface area (Å²) in [5, 5.41) is 9.13. The van der Waals surface area contributed by atoms with E-state index < -0.39 is 6.16 Å². The molecule has 0 bridgehead atoms. The van der Waals surface area contributed by atoms with Gasteiger partial charge in [-0.2, -0.15) is 0 Å². The van der Waals surface area contributed by atoms with Crippen molar-refractivity contribution in [3.8, 4) is 17.6 Å². The number of benzene rings is 3. The quantitative estimate of drug-likeness (QED) is 0.190. The molecule has 5 nitrogen and oxygen atoms in total. The third-order valence-corrected chi connectivity index (χ3v) is 8.05. The van der Waals surface area contributed by atoms with Gasteiger partial charge in [0.1, 0.15) is 11.6 Å². The molecule has 1 amide bonds. The third kappa shape index (κ3) is 7.09. The minimum atomic E-state index is -1.35. The molecule has 2 aliphatic rings. The van der Waals surface area contributed by atoms with Crippen LogP contribution < -0.4 is 4.74 Å². The summed E-state index contributed by atoms with van der Waals surface area (Å²) in [6, 6.07) is 19.2. The molecular formula is C34H34FNO4. The smallest absolute Gasteiger partial charge is 0.449 e. The number of halogens is 1. The molecular weight excluding hydrogens is 505 g/mol.